The van der Waals surface area contributed by atoms with Crippen molar-refractivity contribution < 1.29 is 13.9 Å². The number of hydrogen-bond acceptors (Lipinski definition) is 3. The molecule has 0 saturated carbocycles. The van der Waals surface area contributed by atoms with Crippen molar-refractivity contribution in [3.05, 3.63) is 59.9 Å². The van der Waals surface area contributed by atoms with Crippen molar-refractivity contribution in [2.24, 2.45) is 0 Å². The van der Waals surface area contributed by atoms with Crippen LogP contribution in [0.4, 0.5) is 10.1 Å². The highest BCUT2D eigenvalue weighted by molar-refractivity contribution is 5.81. The number of anilines is 1. The average molecular weight is 356 g/mol. The van der Waals surface area contributed by atoms with Crippen molar-refractivity contribution in [1.29, 1.82) is 0 Å². The highest BCUT2D eigenvalue weighted by Crippen LogP contribution is 2.21. The van der Waals surface area contributed by atoms with Crippen LogP contribution in [-0.4, -0.2) is 43.1 Å². The minimum Gasteiger partial charge on any atom is -0.481 e. The minimum atomic E-state index is -0.488. The topological polar surface area (TPSA) is 32.8 Å². The third-order valence-corrected chi connectivity index (χ3v) is 4.73. The van der Waals surface area contributed by atoms with Gasteiger partial charge in [-0.25, -0.2) is 4.39 Å². The van der Waals surface area contributed by atoms with E-state index >= 15 is 0 Å². The lowest BCUT2D eigenvalue weighted by atomic mass is 10.2. The Hall–Kier alpha value is -2.56. The molecule has 26 heavy (non-hydrogen) atoms. The first-order valence-corrected chi connectivity index (χ1v) is 9.10. The molecule has 1 aliphatic heterocycles. The maximum Gasteiger partial charge on any atom is 0.263 e. The van der Waals surface area contributed by atoms with Crippen LogP contribution in [0.2, 0.25) is 0 Å². The molecule has 1 fully saturated rings. The van der Waals surface area contributed by atoms with Crippen LogP contribution in [-0.2, 0) is 4.79 Å². The van der Waals surface area contributed by atoms with E-state index in [0.717, 1.165) is 5.56 Å². The van der Waals surface area contributed by atoms with Gasteiger partial charge in [0.1, 0.15) is 11.6 Å². The molecule has 0 radical (unpaired) electrons. The fraction of sp³-hybridized carbons (Fsp3) is 0.381. The summed E-state index contributed by atoms with van der Waals surface area (Å²) in [6, 6.07) is 14.5. The Labute approximate surface area is 154 Å². The van der Waals surface area contributed by atoms with Crippen LogP contribution in [0.5, 0.6) is 5.75 Å². The van der Waals surface area contributed by atoms with E-state index in [1.54, 1.807) is 12.1 Å². The van der Waals surface area contributed by atoms with Crippen molar-refractivity contribution >= 4 is 11.6 Å². The molecule has 0 unspecified atom stereocenters. The molecule has 1 saturated heterocycles. The zero-order valence-electron chi connectivity index (χ0n) is 15.3. The summed E-state index contributed by atoms with van der Waals surface area (Å²) in [6.07, 6.45) is 0.123. The number of nitrogens with zero attached hydrogens (tertiary/aromatic N) is 2. The van der Waals surface area contributed by atoms with Gasteiger partial charge in [0, 0.05) is 26.2 Å². The second-order valence-corrected chi connectivity index (χ2v) is 6.59. The zero-order chi connectivity index (χ0) is 18.5. The van der Waals surface area contributed by atoms with Gasteiger partial charge in [0.05, 0.1) is 5.69 Å². The van der Waals surface area contributed by atoms with Gasteiger partial charge in [0.15, 0.2) is 6.10 Å². The van der Waals surface area contributed by atoms with E-state index in [-0.39, 0.29) is 11.7 Å². The highest BCUT2D eigenvalue weighted by Gasteiger charge is 2.28. The normalized spacial score (nSPS) is 15.7. The van der Waals surface area contributed by atoms with Crippen molar-refractivity contribution in [1.82, 2.24) is 4.90 Å². The molecule has 4 nitrogen and oxygen atoms in total. The molecule has 0 spiro atoms. The smallest absolute Gasteiger partial charge is 0.263 e. The van der Waals surface area contributed by atoms with Gasteiger partial charge in [-0.1, -0.05) is 36.8 Å². The van der Waals surface area contributed by atoms with Crippen LogP contribution >= 0.6 is 0 Å². The lowest BCUT2D eigenvalue weighted by molar-refractivity contribution is -0.139. The van der Waals surface area contributed by atoms with E-state index < -0.39 is 6.10 Å². The molecule has 0 N–H and O–H groups in total. The highest BCUT2D eigenvalue weighted by atomic mass is 19.1. The molecule has 0 bridgehead atoms. The van der Waals surface area contributed by atoms with Crippen molar-refractivity contribution in [3.8, 4) is 5.75 Å². The molecule has 1 heterocycles. The number of benzene rings is 2. The maximum absolute atomic E-state index is 13.9. The second-order valence-electron chi connectivity index (χ2n) is 6.59. The van der Waals surface area contributed by atoms with E-state index in [0.29, 0.717) is 44.0 Å². The Morgan fingerprint density at radius 2 is 1.73 bits per heavy atom. The van der Waals surface area contributed by atoms with Gasteiger partial charge in [-0.15, -0.1) is 0 Å². The molecule has 2 aromatic rings. The Morgan fingerprint density at radius 3 is 2.35 bits per heavy atom. The molecule has 0 aromatic heterocycles. The Bertz CT molecular complexity index is 740. The van der Waals surface area contributed by atoms with Gasteiger partial charge >= 0.3 is 0 Å². The molecule has 0 aliphatic carbocycles. The summed E-state index contributed by atoms with van der Waals surface area (Å²) in [5.41, 5.74) is 1.75. The SMILES string of the molecule is CC[C@@H](Oc1ccc(C)cc1)C(=O)N1CCN(c2ccccc2F)CC1. The molecule has 3 rings (SSSR count). The quantitative estimate of drug-likeness (QED) is 0.820. The van der Waals surface area contributed by atoms with E-state index in [2.05, 4.69) is 0 Å². The Balaban J connectivity index is 1.59. The number of halogens is 1. The number of rotatable bonds is 5. The molecule has 138 valence electrons. The van der Waals surface area contributed by atoms with Crippen LogP contribution in [0.25, 0.3) is 0 Å². The predicted octanol–water partition coefficient (Wildman–Crippen LogP) is 3.64. The molecule has 1 aliphatic rings. The van der Waals surface area contributed by atoms with Gasteiger partial charge in [0.2, 0.25) is 0 Å². The van der Waals surface area contributed by atoms with Gasteiger partial charge < -0.3 is 14.5 Å². The number of amides is 1. The maximum atomic E-state index is 13.9. The lowest BCUT2D eigenvalue weighted by Gasteiger charge is -2.37. The zero-order valence-corrected chi connectivity index (χ0v) is 15.3. The molecular formula is C21H25FN2O2. The number of aryl methyl sites for hydroxylation is 1. The van der Waals surface area contributed by atoms with Gasteiger partial charge in [-0.3, -0.25) is 4.79 Å². The number of hydrogen-bond donors (Lipinski definition) is 0. The van der Waals surface area contributed by atoms with Crippen LogP contribution in [0, 0.1) is 12.7 Å². The summed E-state index contributed by atoms with van der Waals surface area (Å²) in [4.78, 5) is 16.6. The number of para-hydroxylation sites is 1. The number of carbonyl (C=O) groups is 1. The largest absolute Gasteiger partial charge is 0.481 e. The van der Waals surface area contributed by atoms with Crippen molar-refractivity contribution in [2.45, 2.75) is 26.4 Å². The van der Waals surface area contributed by atoms with Crippen LogP contribution < -0.4 is 9.64 Å². The molecular weight excluding hydrogens is 331 g/mol. The molecule has 5 heteroatoms. The Kier molecular flexibility index (Phi) is 5.76. The fourth-order valence-electron chi connectivity index (χ4n) is 3.17. The lowest BCUT2D eigenvalue weighted by Crippen LogP contribution is -2.52. The summed E-state index contributed by atoms with van der Waals surface area (Å²) in [7, 11) is 0. The second kappa shape index (κ2) is 8.21. The van der Waals surface area contributed by atoms with Crippen molar-refractivity contribution in [3.63, 3.8) is 0 Å². The monoisotopic (exact) mass is 356 g/mol. The number of piperazine rings is 1. The first kappa shape index (κ1) is 18.2. The van der Waals surface area contributed by atoms with Gasteiger partial charge in [0.25, 0.3) is 5.91 Å². The molecule has 2 aromatic carbocycles. The van der Waals surface area contributed by atoms with Crippen LogP contribution in [0.3, 0.4) is 0 Å². The third kappa shape index (κ3) is 4.15. The van der Waals surface area contributed by atoms with Crippen LogP contribution in [0.15, 0.2) is 48.5 Å². The average Bonchev–Trinajstić information content (AvgIpc) is 2.67. The standard InChI is InChI=1S/C21H25FN2O2/c1-3-20(26-17-10-8-16(2)9-11-17)21(25)24-14-12-23(13-15-24)19-7-5-4-6-18(19)22/h4-11,20H,3,12-15H2,1-2H3/t20-/m1/s1. The molecule has 1 amide bonds. The summed E-state index contributed by atoms with van der Waals surface area (Å²) in [6.45, 7) is 6.34. The number of ether oxygens (including phenoxy) is 1. The summed E-state index contributed by atoms with van der Waals surface area (Å²) in [5, 5.41) is 0. The third-order valence-electron chi connectivity index (χ3n) is 4.73. The molecule has 1 atom stereocenters. The number of carbonyl (C=O) groups excluding carboxylic acids is 1. The van der Waals surface area contributed by atoms with Crippen molar-refractivity contribution in [2.75, 3.05) is 31.1 Å². The summed E-state index contributed by atoms with van der Waals surface area (Å²) in [5.74, 6) is 0.489. The van der Waals surface area contributed by atoms with E-state index in [1.807, 2.05) is 54.0 Å². The first-order chi connectivity index (χ1) is 12.6. The summed E-state index contributed by atoms with van der Waals surface area (Å²) >= 11 is 0. The van der Waals surface area contributed by atoms with Gasteiger partial charge in [-0.2, -0.15) is 0 Å². The first-order valence-electron chi connectivity index (χ1n) is 9.10. The van der Waals surface area contributed by atoms with E-state index in [9.17, 15) is 9.18 Å². The van der Waals surface area contributed by atoms with E-state index in [1.165, 1.54) is 6.07 Å². The van der Waals surface area contributed by atoms with Crippen LogP contribution in [0.1, 0.15) is 18.9 Å². The fourth-order valence-corrected chi connectivity index (χ4v) is 3.17. The Morgan fingerprint density at radius 1 is 1.08 bits per heavy atom. The predicted molar refractivity (Wildman–Crippen MR) is 101 cm³/mol. The minimum absolute atomic E-state index is 0.00117. The summed E-state index contributed by atoms with van der Waals surface area (Å²) < 4.78 is 19.8. The van der Waals surface area contributed by atoms with E-state index in [4.69, 9.17) is 4.74 Å². The van der Waals surface area contributed by atoms with Gasteiger partial charge in [-0.05, 0) is 37.6 Å².